The molecule has 0 aliphatic carbocycles. The molecule has 3 heterocycles. The lowest BCUT2D eigenvalue weighted by molar-refractivity contribution is 0.390. The van der Waals surface area contributed by atoms with Crippen LogP contribution < -0.4 is 10.6 Å². The first-order chi connectivity index (χ1) is 12.6. The van der Waals surface area contributed by atoms with Crippen molar-refractivity contribution in [3.05, 3.63) is 42.2 Å². The summed E-state index contributed by atoms with van der Waals surface area (Å²) in [6, 6.07) is 11.3. The third kappa shape index (κ3) is 2.95. The second kappa shape index (κ2) is 6.24. The predicted octanol–water partition coefficient (Wildman–Crippen LogP) is 2.24. The molecule has 0 aliphatic rings. The van der Waals surface area contributed by atoms with Crippen LogP contribution in [-0.4, -0.2) is 37.3 Å². The van der Waals surface area contributed by atoms with E-state index in [0.717, 1.165) is 5.69 Å². The second-order valence-electron chi connectivity index (χ2n) is 5.46. The number of nitrogens with two attached hydrogens (primary N) is 1. The van der Waals surface area contributed by atoms with E-state index in [1.165, 1.54) is 0 Å². The molecular weight excluding hydrogens is 336 g/mol. The average Bonchev–Trinajstić information content (AvgIpc) is 3.30. The standard InChI is InChI=1S/C16H14N8O2/c1-9-8-11(22-25-9)14-18-13(23-26-14)12-19-15(17)21-16(20-12)24(2)10-6-4-3-5-7-10/h3-8H,1-2H3,(H2,17,19,20,21). The average molecular weight is 350 g/mol. The van der Waals surface area contributed by atoms with E-state index in [-0.39, 0.29) is 23.5 Å². The predicted molar refractivity (Wildman–Crippen MR) is 92.3 cm³/mol. The fraction of sp³-hybridized carbons (Fsp3) is 0.125. The zero-order valence-electron chi connectivity index (χ0n) is 14.0. The van der Waals surface area contributed by atoms with Crippen molar-refractivity contribution in [1.29, 1.82) is 0 Å². The monoisotopic (exact) mass is 350 g/mol. The van der Waals surface area contributed by atoms with Gasteiger partial charge in [-0.2, -0.15) is 19.9 Å². The molecule has 0 atom stereocenters. The Morgan fingerprint density at radius 1 is 0.923 bits per heavy atom. The highest BCUT2D eigenvalue weighted by atomic mass is 16.5. The SMILES string of the molecule is Cc1cc(-c2nc(-c3nc(N)nc(N(C)c4ccccc4)n3)no2)no1. The molecule has 1 aromatic carbocycles. The molecule has 0 fully saturated rings. The molecule has 0 saturated carbocycles. The largest absolute Gasteiger partial charge is 0.368 e. The van der Waals surface area contributed by atoms with Gasteiger partial charge in [0.05, 0.1) is 0 Å². The van der Waals surface area contributed by atoms with Crippen LogP contribution >= 0.6 is 0 Å². The van der Waals surface area contributed by atoms with Crippen LogP contribution in [0.2, 0.25) is 0 Å². The van der Waals surface area contributed by atoms with E-state index in [2.05, 4.69) is 30.2 Å². The fourth-order valence-corrected chi connectivity index (χ4v) is 2.28. The molecule has 3 aromatic heterocycles. The maximum absolute atomic E-state index is 5.83. The molecule has 0 spiro atoms. The Hall–Kier alpha value is -3.82. The van der Waals surface area contributed by atoms with Gasteiger partial charge < -0.3 is 19.7 Å². The molecule has 0 aliphatic heterocycles. The molecule has 2 N–H and O–H groups in total. The Labute approximate surface area is 147 Å². The summed E-state index contributed by atoms with van der Waals surface area (Å²) < 4.78 is 10.2. The number of para-hydroxylation sites is 1. The lowest BCUT2D eigenvalue weighted by Gasteiger charge is -2.17. The Morgan fingerprint density at radius 3 is 2.46 bits per heavy atom. The minimum Gasteiger partial charge on any atom is -0.368 e. The topological polar surface area (TPSA) is 133 Å². The smallest absolute Gasteiger partial charge is 0.280 e. The molecule has 4 aromatic rings. The highest BCUT2D eigenvalue weighted by molar-refractivity contribution is 5.59. The number of nitrogen functional groups attached to an aromatic ring is 1. The molecule has 130 valence electrons. The van der Waals surface area contributed by atoms with Crippen molar-refractivity contribution >= 4 is 17.6 Å². The molecule has 4 rings (SSSR count). The minimum absolute atomic E-state index is 0.0522. The maximum atomic E-state index is 5.83. The summed E-state index contributed by atoms with van der Waals surface area (Å²) in [4.78, 5) is 18.7. The van der Waals surface area contributed by atoms with E-state index in [1.807, 2.05) is 37.4 Å². The highest BCUT2D eigenvalue weighted by Crippen LogP contribution is 2.24. The van der Waals surface area contributed by atoms with Gasteiger partial charge in [-0.1, -0.05) is 28.5 Å². The molecule has 10 nitrogen and oxygen atoms in total. The third-order valence-corrected chi connectivity index (χ3v) is 3.56. The van der Waals surface area contributed by atoms with Crippen molar-refractivity contribution in [1.82, 2.24) is 30.2 Å². The van der Waals surface area contributed by atoms with Crippen LogP contribution in [0.3, 0.4) is 0 Å². The Balaban J connectivity index is 1.70. The molecule has 26 heavy (non-hydrogen) atoms. The van der Waals surface area contributed by atoms with Gasteiger partial charge in [0, 0.05) is 18.8 Å². The Bertz CT molecular complexity index is 1040. The van der Waals surface area contributed by atoms with Gasteiger partial charge in [0.25, 0.3) is 5.89 Å². The van der Waals surface area contributed by atoms with Gasteiger partial charge in [0.15, 0.2) is 5.69 Å². The lowest BCUT2D eigenvalue weighted by Crippen LogP contribution is -2.15. The number of benzene rings is 1. The van der Waals surface area contributed by atoms with Crippen LogP contribution in [0.5, 0.6) is 0 Å². The molecule has 0 bridgehead atoms. The normalized spacial score (nSPS) is 10.8. The van der Waals surface area contributed by atoms with Gasteiger partial charge in [0.2, 0.25) is 23.5 Å². The number of anilines is 3. The van der Waals surface area contributed by atoms with Crippen molar-refractivity contribution in [2.75, 3.05) is 17.7 Å². The van der Waals surface area contributed by atoms with E-state index in [4.69, 9.17) is 14.8 Å². The number of aryl methyl sites for hydroxylation is 1. The number of nitrogens with zero attached hydrogens (tertiary/aromatic N) is 7. The summed E-state index contributed by atoms with van der Waals surface area (Å²) in [7, 11) is 1.83. The van der Waals surface area contributed by atoms with Crippen molar-refractivity contribution in [3.8, 4) is 23.2 Å². The number of rotatable bonds is 4. The van der Waals surface area contributed by atoms with Gasteiger partial charge in [-0.25, -0.2) is 0 Å². The quantitative estimate of drug-likeness (QED) is 0.584. The summed E-state index contributed by atoms with van der Waals surface area (Å²) >= 11 is 0. The van der Waals surface area contributed by atoms with Crippen molar-refractivity contribution in [3.63, 3.8) is 0 Å². The molecule has 0 unspecified atom stereocenters. The number of hydrogen-bond donors (Lipinski definition) is 1. The lowest BCUT2D eigenvalue weighted by atomic mass is 10.3. The maximum Gasteiger partial charge on any atom is 0.280 e. The zero-order valence-corrected chi connectivity index (χ0v) is 14.0. The van der Waals surface area contributed by atoms with Crippen LogP contribution in [0.4, 0.5) is 17.6 Å². The first-order valence-electron chi connectivity index (χ1n) is 7.68. The molecular formula is C16H14N8O2. The van der Waals surface area contributed by atoms with Gasteiger partial charge in [-0.05, 0) is 19.1 Å². The van der Waals surface area contributed by atoms with E-state index >= 15 is 0 Å². The Kier molecular flexibility index (Phi) is 3.77. The van der Waals surface area contributed by atoms with Gasteiger partial charge in [-0.3, -0.25) is 0 Å². The van der Waals surface area contributed by atoms with Crippen molar-refractivity contribution in [2.24, 2.45) is 0 Å². The van der Waals surface area contributed by atoms with E-state index in [1.54, 1.807) is 17.9 Å². The molecule has 0 amide bonds. The van der Waals surface area contributed by atoms with Gasteiger partial charge in [-0.15, -0.1) is 0 Å². The van der Waals surface area contributed by atoms with Crippen molar-refractivity contribution in [2.45, 2.75) is 6.92 Å². The number of hydrogen-bond acceptors (Lipinski definition) is 10. The fourth-order valence-electron chi connectivity index (χ4n) is 2.28. The minimum atomic E-state index is 0.0522. The zero-order chi connectivity index (χ0) is 18.1. The van der Waals surface area contributed by atoms with Crippen LogP contribution in [0, 0.1) is 6.92 Å². The van der Waals surface area contributed by atoms with E-state index < -0.39 is 0 Å². The van der Waals surface area contributed by atoms with Crippen LogP contribution in [-0.2, 0) is 0 Å². The summed E-state index contributed by atoms with van der Waals surface area (Å²) in [5.74, 6) is 1.63. The van der Waals surface area contributed by atoms with E-state index in [9.17, 15) is 0 Å². The summed E-state index contributed by atoms with van der Waals surface area (Å²) in [6.07, 6.45) is 0. The molecule has 10 heteroatoms. The van der Waals surface area contributed by atoms with Crippen LogP contribution in [0.15, 0.2) is 45.4 Å². The second-order valence-corrected chi connectivity index (χ2v) is 5.46. The van der Waals surface area contributed by atoms with Gasteiger partial charge in [0.1, 0.15) is 5.76 Å². The first kappa shape index (κ1) is 15.7. The van der Waals surface area contributed by atoms with Crippen LogP contribution in [0.25, 0.3) is 23.2 Å². The van der Waals surface area contributed by atoms with Crippen molar-refractivity contribution < 1.29 is 9.05 Å². The van der Waals surface area contributed by atoms with Gasteiger partial charge >= 0.3 is 0 Å². The highest BCUT2D eigenvalue weighted by Gasteiger charge is 2.18. The first-order valence-corrected chi connectivity index (χ1v) is 7.68. The summed E-state index contributed by atoms with van der Waals surface area (Å²) in [6.45, 7) is 1.77. The van der Waals surface area contributed by atoms with E-state index in [0.29, 0.717) is 17.4 Å². The molecule has 0 saturated heterocycles. The molecule has 0 radical (unpaired) electrons. The summed E-state index contributed by atoms with van der Waals surface area (Å²) in [5, 5.41) is 7.73. The number of aromatic nitrogens is 6. The van der Waals surface area contributed by atoms with Crippen LogP contribution in [0.1, 0.15) is 5.76 Å². The Morgan fingerprint density at radius 2 is 1.73 bits per heavy atom. The third-order valence-electron chi connectivity index (χ3n) is 3.56. The summed E-state index contributed by atoms with van der Waals surface area (Å²) in [5.41, 5.74) is 7.17.